The van der Waals surface area contributed by atoms with Crippen LogP contribution < -0.4 is 0 Å². The van der Waals surface area contributed by atoms with Gasteiger partial charge in [0.1, 0.15) is 11.9 Å². The maximum absolute atomic E-state index is 13.3. The highest BCUT2D eigenvalue weighted by molar-refractivity contribution is 5.27. The van der Waals surface area contributed by atoms with E-state index in [0.29, 0.717) is 0 Å². The second-order valence-electron chi connectivity index (χ2n) is 3.18. The van der Waals surface area contributed by atoms with Gasteiger partial charge in [-0.05, 0) is 24.3 Å². The third-order valence-electron chi connectivity index (χ3n) is 2.17. The normalized spacial score (nSPS) is 12.8. The van der Waals surface area contributed by atoms with Crippen molar-refractivity contribution in [2.45, 2.75) is 6.10 Å². The summed E-state index contributed by atoms with van der Waals surface area (Å²) in [5.74, 6) is -4.26. The first-order valence-corrected chi connectivity index (χ1v) is 4.46. The van der Waals surface area contributed by atoms with E-state index < -0.39 is 23.6 Å². The van der Waals surface area contributed by atoms with Crippen LogP contribution in [-0.4, -0.2) is 5.11 Å². The molecule has 0 radical (unpaired) electrons. The molecule has 1 atom stereocenters. The molecule has 2 aromatic rings. The predicted molar refractivity (Wildman–Crippen MR) is 49.1 cm³/mol. The Hall–Kier alpha value is -1.75. The van der Waals surface area contributed by atoms with Gasteiger partial charge in [0.2, 0.25) is 0 Å². The van der Waals surface area contributed by atoms with Crippen molar-refractivity contribution >= 4 is 0 Å². The molecule has 1 heterocycles. The van der Waals surface area contributed by atoms with Gasteiger partial charge < -0.3 is 9.52 Å². The molecule has 2 nitrogen and oxygen atoms in total. The molecule has 5 heteroatoms. The number of aliphatic hydroxyl groups excluding tert-OH is 1. The molecule has 1 aromatic carbocycles. The summed E-state index contributed by atoms with van der Waals surface area (Å²) >= 11 is 0. The largest absolute Gasteiger partial charge is 0.466 e. The van der Waals surface area contributed by atoms with Gasteiger partial charge >= 0.3 is 0 Å². The molecular formula is C11H7F3O2. The highest BCUT2D eigenvalue weighted by atomic mass is 19.2. The van der Waals surface area contributed by atoms with Gasteiger partial charge in [0.05, 0.1) is 6.26 Å². The van der Waals surface area contributed by atoms with E-state index in [1.54, 1.807) is 0 Å². The average Bonchev–Trinajstić information content (AvgIpc) is 2.79. The Morgan fingerprint density at radius 2 is 1.81 bits per heavy atom. The lowest BCUT2D eigenvalue weighted by Crippen LogP contribution is -2.04. The average molecular weight is 228 g/mol. The van der Waals surface area contributed by atoms with Gasteiger partial charge in [-0.2, -0.15) is 0 Å². The SMILES string of the molecule is OC(c1ccco1)c1ccc(F)c(F)c1F. The maximum Gasteiger partial charge on any atom is 0.194 e. The van der Waals surface area contributed by atoms with Crippen molar-refractivity contribution in [2.24, 2.45) is 0 Å². The van der Waals surface area contributed by atoms with E-state index in [9.17, 15) is 18.3 Å². The molecule has 2 rings (SSSR count). The number of halogens is 3. The minimum atomic E-state index is -1.61. The van der Waals surface area contributed by atoms with E-state index in [0.717, 1.165) is 12.1 Å². The van der Waals surface area contributed by atoms with Crippen LogP contribution >= 0.6 is 0 Å². The molecule has 1 unspecified atom stereocenters. The Morgan fingerprint density at radius 1 is 1.06 bits per heavy atom. The predicted octanol–water partition coefficient (Wildman–Crippen LogP) is 2.78. The molecule has 84 valence electrons. The quantitative estimate of drug-likeness (QED) is 0.802. The summed E-state index contributed by atoms with van der Waals surface area (Å²) in [5.41, 5.74) is -0.367. The molecule has 0 spiro atoms. The van der Waals surface area contributed by atoms with E-state index in [1.165, 1.54) is 18.4 Å². The van der Waals surface area contributed by atoms with Gasteiger partial charge in [0.15, 0.2) is 17.5 Å². The number of furan rings is 1. The van der Waals surface area contributed by atoms with Crippen LogP contribution in [-0.2, 0) is 0 Å². The highest BCUT2D eigenvalue weighted by Gasteiger charge is 2.21. The number of hydrogen-bond acceptors (Lipinski definition) is 2. The monoisotopic (exact) mass is 228 g/mol. The zero-order chi connectivity index (χ0) is 11.7. The topological polar surface area (TPSA) is 33.4 Å². The van der Waals surface area contributed by atoms with Gasteiger partial charge in [-0.15, -0.1) is 0 Å². The van der Waals surface area contributed by atoms with Crippen molar-refractivity contribution in [3.05, 3.63) is 59.3 Å². The Balaban J connectivity index is 2.45. The summed E-state index contributed by atoms with van der Waals surface area (Å²) < 4.78 is 43.7. The van der Waals surface area contributed by atoms with Gasteiger partial charge in [0, 0.05) is 5.56 Å². The molecule has 0 amide bonds. The number of benzene rings is 1. The Bertz CT molecular complexity index is 494. The van der Waals surface area contributed by atoms with Crippen LogP contribution in [0.3, 0.4) is 0 Å². The van der Waals surface area contributed by atoms with Gasteiger partial charge in [-0.1, -0.05) is 0 Å². The molecule has 1 N–H and O–H groups in total. The Morgan fingerprint density at radius 3 is 2.44 bits per heavy atom. The standard InChI is InChI=1S/C11H7F3O2/c12-7-4-3-6(9(13)10(7)14)11(15)8-2-1-5-16-8/h1-5,11,15H. The molecule has 0 saturated carbocycles. The fraction of sp³-hybridized carbons (Fsp3) is 0.0909. The van der Waals surface area contributed by atoms with E-state index in [1.807, 2.05) is 0 Å². The van der Waals surface area contributed by atoms with E-state index in [2.05, 4.69) is 0 Å². The van der Waals surface area contributed by atoms with Gasteiger partial charge in [-0.3, -0.25) is 0 Å². The van der Waals surface area contributed by atoms with E-state index in [-0.39, 0.29) is 11.3 Å². The van der Waals surface area contributed by atoms with Crippen LogP contribution in [0.5, 0.6) is 0 Å². The zero-order valence-corrected chi connectivity index (χ0v) is 7.95. The van der Waals surface area contributed by atoms with Crippen molar-refractivity contribution in [1.82, 2.24) is 0 Å². The lowest BCUT2D eigenvalue weighted by Gasteiger charge is -2.09. The lowest BCUT2D eigenvalue weighted by molar-refractivity contribution is 0.183. The number of rotatable bonds is 2. The number of hydrogen-bond donors (Lipinski definition) is 1. The van der Waals surface area contributed by atoms with Crippen LogP contribution in [0.25, 0.3) is 0 Å². The minimum Gasteiger partial charge on any atom is -0.466 e. The summed E-state index contributed by atoms with van der Waals surface area (Å²) in [5, 5.41) is 9.65. The third-order valence-corrected chi connectivity index (χ3v) is 2.17. The van der Waals surface area contributed by atoms with Crippen molar-refractivity contribution in [1.29, 1.82) is 0 Å². The molecule has 1 aromatic heterocycles. The minimum absolute atomic E-state index is 0.0601. The van der Waals surface area contributed by atoms with Gasteiger partial charge in [0.25, 0.3) is 0 Å². The molecule has 0 fully saturated rings. The van der Waals surface area contributed by atoms with Crippen LogP contribution in [0.15, 0.2) is 34.9 Å². The maximum atomic E-state index is 13.3. The molecular weight excluding hydrogens is 221 g/mol. The fourth-order valence-electron chi connectivity index (χ4n) is 1.35. The van der Waals surface area contributed by atoms with E-state index >= 15 is 0 Å². The molecule has 0 aliphatic heterocycles. The van der Waals surface area contributed by atoms with E-state index in [4.69, 9.17) is 4.42 Å². The second-order valence-corrected chi connectivity index (χ2v) is 3.18. The van der Waals surface area contributed by atoms with Crippen LogP contribution in [0, 0.1) is 17.5 Å². The number of aliphatic hydroxyl groups is 1. The Kier molecular flexibility index (Phi) is 2.70. The summed E-state index contributed by atoms with van der Waals surface area (Å²) in [6.07, 6.45) is -0.166. The van der Waals surface area contributed by atoms with Crippen LogP contribution in [0.4, 0.5) is 13.2 Å². The molecule has 0 saturated heterocycles. The smallest absolute Gasteiger partial charge is 0.194 e. The first kappa shape index (κ1) is 10.8. The van der Waals surface area contributed by atoms with Crippen molar-refractivity contribution in [2.75, 3.05) is 0 Å². The van der Waals surface area contributed by atoms with Gasteiger partial charge in [-0.25, -0.2) is 13.2 Å². The molecule has 0 aliphatic carbocycles. The first-order chi connectivity index (χ1) is 7.61. The summed E-state index contributed by atoms with van der Waals surface area (Å²) in [6.45, 7) is 0. The van der Waals surface area contributed by atoms with Crippen LogP contribution in [0.1, 0.15) is 17.4 Å². The lowest BCUT2D eigenvalue weighted by atomic mass is 10.1. The Labute approximate surface area is 88.9 Å². The first-order valence-electron chi connectivity index (χ1n) is 4.46. The fourth-order valence-corrected chi connectivity index (χ4v) is 1.35. The van der Waals surface area contributed by atoms with Crippen molar-refractivity contribution in [3.8, 4) is 0 Å². The summed E-state index contributed by atoms with van der Waals surface area (Å²) in [6, 6.07) is 4.63. The van der Waals surface area contributed by atoms with Crippen LogP contribution in [0.2, 0.25) is 0 Å². The molecule has 0 aliphatic rings. The zero-order valence-electron chi connectivity index (χ0n) is 7.95. The molecule has 16 heavy (non-hydrogen) atoms. The van der Waals surface area contributed by atoms with Crippen molar-refractivity contribution in [3.63, 3.8) is 0 Å². The summed E-state index contributed by atoms with van der Waals surface area (Å²) in [7, 11) is 0. The molecule has 0 bridgehead atoms. The third kappa shape index (κ3) is 1.69. The van der Waals surface area contributed by atoms with Crippen molar-refractivity contribution < 1.29 is 22.7 Å². The second kappa shape index (κ2) is 4.02. The highest BCUT2D eigenvalue weighted by Crippen LogP contribution is 2.26. The summed E-state index contributed by atoms with van der Waals surface area (Å²) in [4.78, 5) is 0.